The highest BCUT2D eigenvalue weighted by Gasteiger charge is 2.41. The number of benzene rings is 3. The second-order valence-electron chi connectivity index (χ2n) is 8.06. The van der Waals surface area contributed by atoms with Crippen LogP contribution in [0.15, 0.2) is 72.8 Å². The standard InChI is InChI=1S/C25H23N3O3/c29-23-17-27(25(31)28(23)22-8-2-1-3-9-22)21-12-14-26(15-13-21)24(30)20-11-10-18-6-4-5-7-19(18)16-20/h1-11,16,21H,12-15,17H2. The first-order valence-corrected chi connectivity index (χ1v) is 10.6. The fourth-order valence-electron chi connectivity index (χ4n) is 4.52. The van der Waals surface area contributed by atoms with Gasteiger partial charge in [-0.1, -0.05) is 48.5 Å². The van der Waals surface area contributed by atoms with E-state index >= 15 is 0 Å². The molecule has 2 heterocycles. The lowest BCUT2D eigenvalue weighted by Crippen LogP contribution is -2.48. The number of hydrogen-bond donors (Lipinski definition) is 0. The van der Waals surface area contributed by atoms with Crippen LogP contribution in [-0.4, -0.2) is 53.3 Å². The van der Waals surface area contributed by atoms with Crippen molar-refractivity contribution in [3.8, 4) is 0 Å². The van der Waals surface area contributed by atoms with Gasteiger partial charge in [0.05, 0.1) is 5.69 Å². The van der Waals surface area contributed by atoms with E-state index < -0.39 is 0 Å². The Kier molecular flexibility index (Phi) is 4.90. The molecule has 2 fully saturated rings. The summed E-state index contributed by atoms with van der Waals surface area (Å²) >= 11 is 0. The van der Waals surface area contributed by atoms with Crippen molar-refractivity contribution in [1.29, 1.82) is 0 Å². The first-order valence-electron chi connectivity index (χ1n) is 10.6. The number of imide groups is 1. The Morgan fingerprint density at radius 3 is 2.23 bits per heavy atom. The van der Waals surface area contributed by atoms with Gasteiger partial charge in [0.25, 0.3) is 11.8 Å². The molecule has 0 saturated carbocycles. The van der Waals surface area contributed by atoms with Gasteiger partial charge in [-0.05, 0) is 47.9 Å². The van der Waals surface area contributed by atoms with Gasteiger partial charge in [0.2, 0.25) is 0 Å². The minimum absolute atomic E-state index is 0.0129. The largest absolute Gasteiger partial charge is 0.338 e. The molecule has 0 unspecified atom stereocenters. The van der Waals surface area contributed by atoms with E-state index in [1.807, 2.05) is 65.6 Å². The van der Waals surface area contributed by atoms with E-state index in [9.17, 15) is 14.4 Å². The molecule has 4 amide bonds. The number of fused-ring (bicyclic) bond motifs is 1. The van der Waals surface area contributed by atoms with Crippen molar-refractivity contribution in [2.24, 2.45) is 0 Å². The lowest BCUT2D eigenvalue weighted by atomic mass is 10.0. The maximum atomic E-state index is 13.0. The lowest BCUT2D eigenvalue weighted by Gasteiger charge is -2.36. The monoisotopic (exact) mass is 413 g/mol. The predicted molar refractivity (Wildman–Crippen MR) is 119 cm³/mol. The molecular formula is C25H23N3O3. The second kappa shape index (κ2) is 7.87. The fourth-order valence-corrected chi connectivity index (χ4v) is 4.52. The third-order valence-electron chi connectivity index (χ3n) is 6.20. The minimum atomic E-state index is -0.268. The predicted octanol–water partition coefficient (Wildman–Crippen LogP) is 3.91. The molecule has 0 spiro atoms. The molecule has 0 N–H and O–H groups in total. The number of piperidine rings is 1. The molecule has 0 aromatic heterocycles. The van der Waals surface area contributed by atoms with Crippen LogP contribution in [-0.2, 0) is 4.79 Å². The Bertz CT molecular complexity index is 1150. The maximum absolute atomic E-state index is 13.0. The van der Waals surface area contributed by atoms with Crippen LogP contribution in [0.4, 0.5) is 10.5 Å². The van der Waals surface area contributed by atoms with Crippen molar-refractivity contribution in [1.82, 2.24) is 9.80 Å². The quantitative estimate of drug-likeness (QED) is 0.612. The van der Waals surface area contributed by atoms with Crippen LogP contribution >= 0.6 is 0 Å². The number of para-hydroxylation sites is 1. The van der Waals surface area contributed by atoms with E-state index in [1.165, 1.54) is 4.90 Å². The zero-order chi connectivity index (χ0) is 21.4. The molecule has 6 nitrogen and oxygen atoms in total. The second-order valence-corrected chi connectivity index (χ2v) is 8.06. The van der Waals surface area contributed by atoms with Crippen molar-refractivity contribution in [3.63, 3.8) is 0 Å². The number of anilines is 1. The molecule has 2 saturated heterocycles. The van der Waals surface area contributed by atoms with Crippen LogP contribution in [0.3, 0.4) is 0 Å². The van der Waals surface area contributed by atoms with Gasteiger partial charge in [0.1, 0.15) is 6.54 Å². The summed E-state index contributed by atoms with van der Waals surface area (Å²) in [5.41, 5.74) is 1.28. The number of hydrogen-bond acceptors (Lipinski definition) is 3. The zero-order valence-corrected chi connectivity index (χ0v) is 17.1. The van der Waals surface area contributed by atoms with Crippen LogP contribution < -0.4 is 4.90 Å². The number of amides is 4. The first kappa shape index (κ1) is 19.3. The molecule has 0 bridgehead atoms. The van der Waals surface area contributed by atoms with Gasteiger partial charge in [0.15, 0.2) is 0 Å². The average Bonchev–Trinajstić information content (AvgIpc) is 3.12. The Balaban J connectivity index is 1.25. The van der Waals surface area contributed by atoms with Crippen LogP contribution in [0.5, 0.6) is 0 Å². The highest BCUT2D eigenvalue weighted by molar-refractivity contribution is 6.19. The molecule has 156 valence electrons. The molecule has 3 aromatic carbocycles. The summed E-state index contributed by atoms with van der Waals surface area (Å²) in [4.78, 5) is 43.2. The Hall–Kier alpha value is -3.67. The van der Waals surface area contributed by atoms with Crippen LogP contribution in [0.1, 0.15) is 23.2 Å². The van der Waals surface area contributed by atoms with E-state index in [4.69, 9.17) is 0 Å². The average molecular weight is 413 g/mol. The molecule has 6 heteroatoms. The third kappa shape index (κ3) is 3.54. The van der Waals surface area contributed by atoms with E-state index in [0.29, 0.717) is 37.2 Å². The lowest BCUT2D eigenvalue weighted by molar-refractivity contribution is -0.116. The molecule has 31 heavy (non-hydrogen) atoms. The molecule has 3 aromatic rings. The minimum Gasteiger partial charge on any atom is -0.338 e. The number of carbonyl (C=O) groups excluding carboxylic acids is 3. The molecule has 0 atom stereocenters. The third-order valence-corrected chi connectivity index (χ3v) is 6.20. The summed E-state index contributed by atoms with van der Waals surface area (Å²) in [6.45, 7) is 1.23. The molecule has 5 rings (SSSR count). The van der Waals surface area contributed by atoms with Crippen molar-refractivity contribution in [2.45, 2.75) is 18.9 Å². The van der Waals surface area contributed by atoms with E-state index in [1.54, 1.807) is 17.0 Å². The van der Waals surface area contributed by atoms with Crippen molar-refractivity contribution in [2.75, 3.05) is 24.5 Å². The normalized spacial score (nSPS) is 17.6. The molecule has 0 aliphatic carbocycles. The van der Waals surface area contributed by atoms with Crippen molar-refractivity contribution < 1.29 is 14.4 Å². The maximum Gasteiger partial charge on any atom is 0.332 e. The number of likely N-dealkylation sites (tertiary alicyclic amines) is 1. The van der Waals surface area contributed by atoms with E-state index in [2.05, 4.69) is 0 Å². The van der Waals surface area contributed by atoms with Crippen LogP contribution in [0.25, 0.3) is 10.8 Å². The van der Waals surface area contributed by atoms with Gasteiger partial charge in [-0.25, -0.2) is 9.69 Å². The first-order chi connectivity index (χ1) is 15.1. The number of nitrogens with zero attached hydrogens (tertiary/aromatic N) is 3. The summed E-state index contributed by atoms with van der Waals surface area (Å²) in [6.07, 6.45) is 1.34. The molecule has 2 aliphatic heterocycles. The topological polar surface area (TPSA) is 60.9 Å². The van der Waals surface area contributed by atoms with Gasteiger partial charge >= 0.3 is 6.03 Å². The summed E-state index contributed by atoms with van der Waals surface area (Å²) in [6, 6.07) is 22.5. The Labute approximate surface area is 180 Å². The SMILES string of the molecule is O=C(c1ccc2ccccc2c1)N1CCC(N2CC(=O)N(c3ccccc3)C2=O)CC1. The summed E-state index contributed by atoms with van der Waals surface area (Å²) in [5, 5.41) is 2.16. The Morgan fingerprint density at radius 2 is 1.48 bits per heavy atom. The molecule has 0 radical (unpaired) electrons. The zero-order valence-electron chi connectivity index (χ0n) is 17.1. The fraction of sp³-hybridized carbons (Fsp3) is 0.240. The van der Waals surface area contributed by atoms with Crippen LogP contribution in [0.2, 0.25) is 0 Å². The summed E-state index contributed by atoms with van der Waals surface area (Å²) in [5.74, 6) is -0.190. The molecule has 2 aliphatic rings. The van der Waals surface area contributed by atoms with Gasteiger partial charge < -0.3 is 9.80 Å². The number of urea groups is 1. The summed E-state index contributed by atoms with van der Waals surface area (Å²) < 4.78 is 0. The van der Waals surface area contributed by atoms with Crippen LogP contribution in [0, 0.1) is 0 Å². The van der Waals surface area contributed by atoms with Gasteiger partial charge in [-0.3, -0.25) is 9.59 Å². The highest BCUT2D eigenvalue weighted by Crippen LogP contribution is 2.27. The number of carbonyl (C=O) groups is 3. The van der Waals surface area contributed by atoms with E-state index in [0.717, 1.165) is 10.8 Å². The molecular weight excluding hydrogens is 390 g/mol. The van der Waals surface area contributed by atoms with Crippen molar-refractivity contribution in [3.05, 3.63) is 78.4 Å². The number of rotatable bonds is 3. The van der Waals surface area contributed by atoms with Gasteiger partial charge in [-0.2, -0.15) is 0 Å². The van der Waals surface area contributed by atoms with Crippen molar-refractivity contribution >= 4 is 34.3 Å². The summed E-state index contributed by atoms with van der Waals surface area (Å²) in [7, 11) is 0. The highest BCUT2D eigenvalue weighted by atomic mass is 16.2. The van der Waals surface area contributed by atoms with Gasteiger partial charge in [-0.15, -0.1) is 0 Å². The van der Waals surface area contributed by atoms with E-state index in [-0.39, 0.29) is 30.4 Å². The smallest absolute Gasteiger partial charge is 0.332 e. The van der Waals surface area contributed by atoms with Gasteiger partial charge in [0, 0.05) is 24.7 Å². The Morgan fingerprint density at radius 1 is 0.806 bits per heavy atom.